The first kappa shape index (κ1) is 22.7. The summed E-state index contributed by atoms with van der Waals surface area (Å²) < 4.78 is 52.7. The number of aliphatic carboxylic acids is 1. The Kier molecular flexibility index (Phi) is 8.00. The molecule has 0 bridgehead atoms. The van der Waals surface area contributed by atoms with Crippen LogP contribution in [0.4, 0.5) is 17.6 Å². The molecule has 0 amide bonds. The molecule has 1 saturated heterocycles. The number of aryl methyl sites for hydroxylation is 1. The second kappa shape index (κ2) is 10.2. The fraction of sp³-hybridized carbons (Fsp3) is 0.474. The molecular weight excluding hydrogens is 394 g/mol. The molecule has 160 valence electrons. The molecule has 1 fully saturated rings. The lowest BCUT2D eigenvalue weighted by atomic mass is 10.1. The van der Waals surface area contributed by atoms with Gasteiger partial charge < -0.3 is 14.7 Å². The number of nitrogens with zero attached hydrogens (tertiary/aromatic N) is 3. The maximum atomic E-state index is 13.2. The Morgan fingerprint density at radius 3 is 2.41 bits per heavy atom. The van der Waals surface area contributed by atoms with Gasteiger partial charge in [0.1, 0.15) is 17.7 Å². The number of carboxylic acids is 1. The minimum Gasteiger partial charge on any atom is -0.490 e. The zero-order chi connectivity index (χ0) is 21.4. The van der Waals surface area contributed by atoms with E-state index in [4.69, 9.17) is 14.6 Å². The maximum absolute atomic E-state index is 13.2. The van der Waals surface area contributed by atoms with Gasteiger partial charge in [-0.25, -0.2) is 9.18 Å². The Bertz CT molecular complexity index is 787. The van der Waals surface area contributed by atoms with E-state index in [0.717, 1.165) is 44.7 Å². The standard InChI is InChI=1S/C17H22FN3O.C2HF3O2/c1-14-5-10-21(19-14)12-11-20-8-6-16(7-9-20)22-17-4-2-3-15(18)13-17;3-2(4,5)1(6)7/h2-5,10,13,16H,6-9,11-12H2,1H3;(H,6,7). The Balaban J connectivity index is 0.000000370. The van der Waals surface area contributed by atoms with Gasteiger partial charge in [0.05, 0.1) is 12.2 Å². The van der Waals surface area contributed by atoms with Crippen LogP contribution in [0.3, 0.4) is 0 Å². The van der Waals surface area contributed by atoms with Crippen LogP contribution in [0.1, 0.15) is 18.5 Å². The van der Waals surface area contributed by atoms with Crippen LogP contribution in [0.5, 0.6) is 5.75 Å². The number of aromatic nitrogens is 2. The molecule has 0 spiro atoms. The highest BCUT2D eigenvalue weighted by Gasteiger charge is 2.38. The number of rotatable bonds is 5. The van der Waals surface area contributed by atoms with Crippen molar-refractivity contribution in [3.8, 4) is 5.75 Å². The molecule has 0 radical (unpaired) electrons. The quantitative estimate of drug-likeness (QED) is 0.755. The predicted molar refractivity (Wildman–Crippen MR) is 97.1 cm³/mol. The van der Waals surface area contributed by atoms with Crippen molar-refractivity contribution in [1.82, 2.24) is 14.7 Å². The minimum atomic E-state index is -5.08. The van der Waals surface area contributed by atoms with Crippen LogP contribution < -0.4 is 4.74 Å². The molecule has 29 heavy (non-hydrogen) atoms. The molecule has 1 aromatic heterocycles. The van der Waals surface area contributed by atoms with Crippen molar-refractivity contribution >= 4 is 5.97 Å². The van der Waals surface area contributed by atoms with E-state index in [0.29, 0.717) is 5.75 Å². The third-order valence-electron chi connectivity index (χ3n) is 4.30. The van der Waals surface area contributed by atoms with Gasteiger partial charge in [-0.05, 0) is 38.0 Å². The molecule has 2 heterocycles. The van der Waals surface area contributed by atoms with Crippen LogP contribution in [-0.2, 0) is 11.3 Å². The third kappa shape index (κ3) is 8.10. The molecule has 1 aliphatic heterocycles. The second-order valence-electron chi connectivity index (χ2n) is 6.64. The Morgan fingerprint density at radius 1 is 1.24 bits per heavy atom. The molecular formula is C19H23F4N3O3. The summed E-state index contributed by atoms with van der Waals surface area (Å²) in [6.45, 7) is 5.96. The number of benzene rings is 1. The summed E-state index contributed by atoms with van der Waals surface area (Å²) in [6.07, 6.45) is -0.914. The van der Waals surface area contributed by atoms with Gasteiger partial charge in [0, 0.05) is 31.9 Å². The van der Waals surface area contributed by atoms with Crippen LogP contribution in [0, 0.1) is 12.7 Å². The average molecular weight is 417 g/mol. The smallest absolute Gasteiger partial charge is 0.490 e. The van der Waals surface area contributed by atoms with E-state index in [-0.39, 0.29) is 11.9 Å². The van der Waals surface area contributed by atoms with Crippen LogP contribution in [0.25, 0.3) is 0 Å². The number of likely N-dealkylation sites (tertiary alicyclic amines) is 1. The van der Waals surface area contributed by atoms with E-state index in [1.165, 1.54) is 12.1 Å². The summed E-state index contributed by atoms with van der Waals surface area (Å²) in [4.78, 5) is 11.3. The maximum Gasteiger partial charge on any atom is 0.490 e. The number of halogens is 4. The molecule has 0 atom stereocenters. The van der Waals surface area contributed by atoms with Gasteiger partial charge in [-0.2, -0.15) is 18.3 Å². The Morgan fingerprint density at radius 2 is 1.90 bits per heavy atom. The van der Waals surface area contributed by atoms with Gasteiger partial charge in [-0.3, -0.25) is 4.68 Å². The number of hydrogen-bond acceptors (Lipinski definition) is 4. The highest BCUT2D eigenvalue weighted by atomic mass is 19.4. The summed E-state index contributed by atoms with van der Waals surface area (Å²) in [6, 6.07) is 8.42. The van der Waals surface area contributed by atoms with Crippen LogP contribution in [0.15, 0.2) is 36.5 Å². The van der Waals surface area contributed by atoms with E-state index in [2.05, 4.69) is 10.00 Å². The zero-order valence-corrected chi connectivity index (χ0v) is 15.9. The summed E-state index contributed by atoms with van der Waals surface area (Å²) in [5.41, 5.74) is 1.06. The largest absolute Gasteiger partial charge is 0.490 e. The summed E-state index contributed by atoms with van der Waals surface area (Å²) >= 11 is 0. The summed E-state index contributed by atoms with van der Waals surface area (Å²) in [5.74, 6) is -2.37. The van der Waals surface area contributed by atoms with E-state index in [1.54, 1.807) is 6.07 Å². The predicted octanol–water partition coefficient (Wildman–Crippen LogP) is 3.51. The first-order chi connectivity index (χ1) is 13.6. The molecule has 1 aliphatic rings. The molecule has 10 heteroatoms. The van der Waals surface area contributed by atoms with Gasteiger partial charge in [-0.15, -0.1) is 0 Å². The average Bonchev–Trinajstić information content (AvgIpc) is 3.06. The van der Waals surface area contributed by atoms with Gasteiger partial charge in [-0.1, -0.05) is 6.07 Å². The number of ether oxygens (including phenoxy) is 1. The van der Waals surface area contributed by atoms with Gasteiger partial charge >= 0.3 is 12.1 Å². The normalized spacial score (nSPS) is 15.5. The number of alkyl halides is 3. The summed E-state index contributed by atoms with van der Waals surface area (Å²) in [7, 11) is 0. The molecule has 0 aliphatic carbocycles. The van der Waals surface area contributed by atoms with Crippen molar-refractivity contribution in [2.24, 2.45) is 0 Å². The first-order valence-electron chi connectivity index (χ1n) is 9.08. The second-order valence-corrected chi connectivity index (χ2v) is 6.64. The lowest BCUT2D eigenvalue weighted by Gasteiger charge is -2.32. The Hall–Kier alpha value is -2.62. The summed E-state index contributed by atoms with van der Waals surface area (Å²) in [5, 5.41) is 11.5. The molecule has 0 saturated carbocycles. The van der Waals surface area contributed by atoms with Crippen LogP contribution >= 0.6 is 0 Å². The monoisotopic (exact) mass is 417 g/mol. The Labute approximate surface area is 165 Å². The molecule has 3 rings (SSSR count). The van der Waals surface area contributed by atoms with Crippen LogP contribution in [0.2, 0.25) is 0 Å². The third-order valence-corrected chi connectivity index (χ3v) is 4.30. The fourth-order valence-corrected chi connectivity index (χ4v) is 2.82. The molecule has 1 aromatic carbocycles. The van der Waals surface area contributed by atoms with Crippen molar-refractivity contribution < 1.29 is 32.2 Å². The topological polar surface area (TPSA) is 67.6 Å². The van der Waals surface area contributed by atoms with Crippen molar-refractivity contribution in [1.29, 1.82) is 0 Å². The minimum absolute atomic E-state index is 0.185. The lowest BCUT2D eigenvalue weighted by Crippen LogP contribution is -2.39. The van der Waals surface area contributed by atoms with Crippen molar-refractivity contribution in [3.63, 3.8) is 0 Å². The first-order valence-corrected chi connectivity index (χ1v) is 9.08. The van der Waals surface area contributed by atoms with Crippen LogP contribution in [-0.4, -0.2) is 57.7 Å². The number of carbonyl (C=O) groups is 1. The molecule has 0 unspecified atom stereocenters. The van der Waals surface area contributed by atoms with E-state index < -0.39 is 12.1 Å². The molecule has 1 N–H and O–H groups in total. The highest BCUT2D eigenvalue weighted by Crippen LogP contribution is 2.19. The van der Waals surface area contributed by atoms with Crippen molar-refractivity contribution in [3.05, 3.63) is 48.0 Å². The van der Waals surface area contributed by atoms with Crippen molar-refractivity contribution in [2.75, 3.05) is 19.6 Å². The lowest BCUT2D eigenvalue weighted by molar-refractivity contribution is -0.192. The zero-order valence-electron chi connectivity index (χ0n) is 15.9. The molecule has 2 aromatic rings. The highest BCUT2D eigenvalue weighted by molar-refractivity contribution is 5.73. The van der Waals surface area contributed by atoms with Gasteiger partial charge in [0.15, 0.2) is 0 Å². The van der Waals surface area contributed by atoms with Gasteiger partial charge in [0.25, 0.3) is 0 Å². The van der Waals surface area contributed by atoms with E-state index >= 15 is 0 Å². The fourth-order valence-electron chi connectivity index (χ4n) is 2.82. The number of hydrogen-bond donors (Lipinski definition) is 1. The van der Waals surface area contributed by atoms with Crippen molar-refractivity contribution in [2.45, 2.75) is 38.6 Å². The van der Waals surface area contributed by atoms with E-state index in [1.807, 2.05) is 29.9 Å². The van der Waals surface area contributed by atoms with E-state index in [9.17, 15) is 17.6 Å². The van der Waals surface area contributed by atoms with Gasteiger partial charge in [0.2, 0.25) is 0 Å². The molecule has 6 nitrogen and oxygen atoms in total. The number of carboxylic acid groups (broad SMARTS) is 1. The number of piperidine rings is 1. The SMILES string of the molecule is Cc1ccn(CCN2CCC(Oc3cccc(F)c3)CC2)n1.O=C(O)C(F)(F)F.